The Morgan fingerprint density at radius 2 is 1.02 bits per heavy atom. The summed E-state index contributed by atoms with van der Waals surface area (Å²) in [4.78, 5) is 10.1. The number of nitrogens with zero attached hydrogens (tertiary/aromatic N) is 2. The van der Waals surface area contributed by atoms with Crippen LogP contribution in [0.3, 0.4) is 0 Å². The van der Waals surface area contributed by atoms with Gasteiger partial charge < -0.3 is 13.9 Å². The first-order chi connectivity index (χ1) is 29.5. The Morgan fingerprint density at radius 1 is 0.426 bits per heavy atom. The topological polar surface area (TPSA) is 72.3 Å². The van der Waals surface area contributed by atoms with Crippen molar-refractivity contribution in [3.63, 3.8) is 0 Å². The molecule has 5 nitrogen and oxygen atoms in total. The predicted molar refractivity (Wildman–Crippen MR) is 242 cm³/mol. The van der Waals surface area contributed by atoms with Crippen LogP contribution < -0.4 is 0 Å². The number of aromatic nitrogens is 2. The largest absolute Gasteiger partial charge is 0.507 e. The van der Waals surface area contributed by atoms with Gasteiger partial charge in [-0.15, -0.1) is 24.3 Å². The monoisotopic (exact) mass is 966 g/mol. The Hall–Kier alpha value is -7.33. The van der Waals surface area contributed by atoms with Crippen LogP contribution in [0.5, 0.6) is 5.75 Å². The number of para-hydroxylation sites is 2. The molecule has 0 saturated heterocycles. The molecule has 0 aliphatic heterocycles. The summed E-state index contributed by atoms with van der Waals surface area (Å²) in [5, 5.41) is 15.0. The Morgan fingerprint density at radius 3 is 1.77 bits per heavy atom. The van der Waals surface area contributed by atoms with E-state index in [0.717, 1.165) is 106 Å². The summed E-state index contributed by atoms with van der Waals surface area (Å²) in [6.45, 7) is 2.01. The van der Waals surface area contributed by atoms with Crippen molar-refractivity contribution in [3.8, 4) is 84.4 Å². The average molecular weight is 967 g/mol. The smallest absolute Gasteiger partial charge is 0.143 e. The molecule has 11 aromatic rings. The predicted octanol–water partition coefficient (Wildman–Crippen LogP) is 14.6. The number of pyridine rings is 2. The standard InChI is InChI=1S/C55H35N2O3.Pt/c1-34-28-41(32-48(56-34)37-18-12-19-38(29-37)49-30-40(35-14-4-2-5-15-35)31-50(57-49)47-22-10-11-25-51(47)58)54-46-21-9-8-20-45(46)53(60-54)39-26-27-43-44-24-13-23-42(36-16-6-3-7-17-36)55(44)59-52(43)33-39;/h2-28,30-33,58H,1H3;/q-1;. The normalized spacial score (nSPS) is 11.3. The molecule has 61 heavy (non-hydrogen) atoms. The Labute approximate surface area is 366 Å². The molecule has 4 aromatic heterocycles. The molecule has 0 fully saturated rings. The van der Waals surface area contributed by atoms with Crippen LogP contribution in [-0.4, -0.2) is 15.1 Å². The number of aromatic hydroxyl groups is 1. The van der Waals surface area contributed by atoms with E-state index in [2.05, 4.69) is 109 Å². The molecule has 0 aliphatic carbocycles. The van der Waals surface area contributed by atoms with Crippen LogP contribution in [0, 0.1) is 13.0 Å². The van der Waals surface area contributed by atoms with Crippen molar-refractivity contribution < 1.29 is 35.0 Å². The summed E-state index contributed by atoms with van der Waals surface area (Å²) in [5.41, 5.74) is 13.1. The maximum atomic E-state index is 10.8. The van der Waals surface area contributed by atoms with Gasteiger partial charge >= 0.3 is 0 Å². The summed E-state index contributed by atoms with van der Waals surface area (Å²) >= 11 is 0. The molecule has 1 N–H and O–H groups in total. The van der Waals surface area contributed by atoms with Gasteiger partial charge in [-0.25, -0.2) is 0 Å². The zero-order valence-corrected chi connectivity index (χ0v) is 35.1. The molecule has 294 valence electrons. The minimum atomic E-state index is 0. The second-order valence-electron chi connectivity index (χ2n) is 15.0. The molecule has 0 amide bonds. The number of hydrogen-bond donors (Lipinski definition) is 1. The maximum Gasteiger partial charge on any atom is 0.143 e. The van der Waals surface area contributed by atoms with E-state index < -0.39 is 0 Å². The number of rotatable bonds is 7. The molecule has 0 saturated carbocycles. The van der Waals surface area contributed by atoms with E-state index in [1.807, 2.05) is 85.8 Å². The van der Waals surface area contributed by atoms with E-state index in [9.17, 15) is 5.11 Å². The van der Waals surface area contributed by atoms with E-state index in [1.165, 1.54) is 0 Å². The molecule has 0 atom stereocenters. The van der Waals surface area contributed by atoms with Gasteiger partial charge in [-0.1, -0.05) is 145 Å². The minimum Gasteiger partial charge on any atom is -0.507 e. The average Bonchev–Trinajstić information content (AvgIpc) is 3.88. The van der Waals surface area contributed by atoms with Crippen LogP contribution in [0.4, 0.5) is 0 Å². The quantitative estimate of drug-likeness (QED) is 0.161. The third-order valence-corrected chi connectivity index (χ3v) is 11.1. The Kier molecular flexibility index (Phi) is 9.75. The summed E-state index contributed by atoms with van der Waals surface area (Å²) < 4.78 is 13.5. The van der Waals surface area contributed by atoms with Crippen molar-refractivity contribution in [2.75, 3.05) is 0 Å². The second-order valence-corrected chi connectivity index (χ2v) is 15.0. The Bertz CT molecular complexity index is 3410. The number of furan rings is 2. The van der Waals surface area contributed by atoms with Gasteiger partial charge in [-0.2, -0.15) is 0 Å². The molecule has 6 heteroatoms. The molecule has 7 aromatic carbocycles. The molecule has 0 unspecified atom stereocenters. The number of fused-ring (bicyclic) bond motifs is 4. The van der Waals surface area contributed by atoms with Gasteiger partial charge in [0, 0.05) is 81.9 Å². The van der Waals surface area contributed by atoms with E-state index in [4.69, 9.17) is 18.8 Å². The first kappa shape index (κ1) is 37.9. The van der Waals surface area contributed by atoms with Crippen molar-refractivity contribution >= 4 is 32.7 Å². The third kappa shape index (κ3) is 6.93. The van der Waals surface area contributed by atoms with Crippen molar-refractivity contribution in [2.45, 2.75) is 6.92 Å². The molecule has 0 bridgehead atoms. The van der Waals surface area contributed by atoms with Crippen LogP contribution in [0.15, 0.2) is 197 Å². The summed E-state index contributed by atoms with van der Waals surface area (Å²) in [6, 6.07) is 66.8. The van der Waals surface area contributed by atoms with Crippen LogP contribution in [-0.2, 0) is 21.1 Å². The number of hydrogen-bond acceptors (Lipinski definition) is 5. The number of benzene rings is 7. The number of phenolic OH excluding ortho intramolecular Hbond substituents is 1. The number of phenols is 1. The zero-order valence-electron chi connectivity index (χ0n) is 32.9. The summed E-state index contributed by atoms with van der Waals surface area (Å²) in [6.07, 6.45) is 0. The van der Waals surface area contributed by atoms with E-state index in [1.54, 1.807) is 6.07 Å². The van der Waals surface area contributed by atoms with Crippen LogP contribution in [0.2, 0.25) is 0 Å². The van der Waals surface area contributed by atoms with Gasteiger partial charge in [0.2, 0.25) is 0 Å². The van der Waals surface area contributed by atoms with E-state index in [-0.39, 0.29) is 26.8 Å². The first-order valence-corrected chi connectivity index (χ1v) is 19.9. The van der Waals surface area contributed by atoms with Crippen LogP contribution >= 0.6 is 0 Å². The molecule has 4 heterocycles. The van der Waals surface area contributed by atoms with Gasteiger partial charge in [0.1, 0.15) is 28.4 Å². The van der Waals surface area contributed by atoms with Crippen LogP contribution in [0.25, 0.3) is 111 Å². The molecule has 0 radical (unpaired) electrons. The minimum absolute atomic E-state index is 0. The fourth-order valence-electron chi connectivity index (χ4n) is 8.30. The second kappa shape index (κ2) is 15.7. The first-order valence-electron chi connectivity index (χ1n) is 19.9. The summed E-state index contributed by atoms with van der Waals surface area (Å²) in [7, 11) is 0. The fraction of sp³-hybridized carbons (Fsp3) is 0.0182. The molecule has 11 rings (SSSR count). The van der Waals surface area contributed by atoms with E-state index >= 15 is 0 Å². The van der Waals surface area contributed by atoms with Gasteiger partial charge in [-0.05, 0) is 60.0 Å². The maximum absolute atomic E-state index is 10.8. The number of aryl methyl sites for hydroxylation is 1. The molecule has 0 spiro atoms. The van der Waals surface area contributed by atoms with Gasteiger partial charge in [0.15, 0.2) is 0 Å². The van der Waals surface area contributed by atoms with Crippen molar-refractivity contribution in [1.82, 2.24) is 9.97 Å². The Balaban J connectivity index is 0.00000445. The van der Waals surface area contributed by atoms with Crippen molar-refractivity contribution in [1.29, 1.82) is 0 Å². The summed E-state index contributed by atoms with van der Waals surface area (Å²) in [5.74, 6) is 1.72. The SMILES string of the molecule is Cc1cc(-c2oc(-c3ccc4c(c3)oc3c(-c5ccccc5)cccc34)c3ccccc23)cc(-c2[c-]c(-c3cc(-c4ccccc4)cc(-c4ccccc4O)n3)ccc2)n1.[Pt]. The van der Waals surface area contributed by atoms with Gasteiger partial charge in [-0.3, -0.25) is 9.97 Å². The molecular weight excluding hydrogens is 932 g/mol. The van der Waals surface area contributed by atoms with E-state index in [0.29, 0.717) is 11.3 Å². The van der Waals surface area contributed by atoms with Crippen LogP contribution in [0.1, 0.15) is 5.69 Å². The van der Waals surface area contributed by atoms with Gasteiger partial charge in [0.05, 0.1) is 5.69 Å². The molecule has 0 aliphatic rings. The van der Waals surface area contributed by atoms with Gasteiger partial charge in [0.25, 0.3) is 0 Å². The van der Waals surface area contributed by atoms with Crippen molar-refractivity contribution in [2.24, 2.45) is 0 Å². The molecular formula is C55H35N2O3Pt-. The fourth-order valence-corrected chi connectivity index (χ4v) is 8.30. The van der Waals surface area contributed by atoms with Crippen molar-refractivity contribution in [3.05, 3.63) is 200 Å². The third-order valence-electron chi connectivity index (χ3n) is 11.1. The zero-order chi connectivity index (χ0) is 40.2.